The number of benzene rings is 2. The Kier molecular flexibility index (Phi) is 5.97. The first kappa shape index (κ1) is 20.1. The van der Waals surface area contributed by atoms with Crippen LogP contribution in [0, 0.1) is 21.4 Å². The summed E-state index contributed by atoms with van der Waals surface area (Å²) in [5.41, 5.74) is 1.37. The molecule has 1 heterocycles. The second kappa shape index (κ2) is 8.60. The van der Waals surface area contributed by atoms with E-state index < -0.39 is 14.9 Å². The highest BCUT2D eigenvalue weighted by atomic mass is 32.2. The minimum atomic E-state index is -4.05. The molecule has 2 aromatic carbocycles. The Balaban J connectivity index is 1.99. The Hall–Kier alpha value is -3.61. The van der Waals surface area contributed by atoms with E-state index in [1.807, 2.05) is 6.07 Å². The van der Waals surface area contributed by atoms with Crippen molar-refractivity contribution in [1.29, 1.82) is 5.26 Å². The molecule has 0 amide bonds. The Morgan fingerprint density at radius 3 is 2.41 bits per heavy atom. The van der Waals surface area contributed by atoms with Crippen LogP contribution in [0.5, 0.6) is 0 Å². The highest BCUT2D eigenvalue weighted by Gasteiger charge is 2.27. The minimum absolute atomic E-state index is 0.00807. The van der Waals surface area contributed by atoms with Gasteiger partial charge in [0, 0.05) is 24.9 Å². The van der Waals surface area contributed by atoms with E-state index in [0.717, 1.165) is 6.07 Å². The molecule has 0 N–H and O–H groups in total. The van der Waals surface area contributed by atoms with Crippen LogP contribution in [0.1, 0.15) is 16.8 Å². The number of nitrogens with zero attached hydrogens (tertiary/aromatic N) is 4. The van der Waals surface area contributed by atoms with Crippen LogP contribution in [0.3, 0.4) is 0 Å². The van der Waals surface area contributed by atoms with E-state index >= 15 is 0 Å². The average Bonchev–Trinajstić information content (AvgIpc) is 2.74. The molecule has 0 unspecified atom stereocenters. The van der Waals surface area contributed by atoms with Gasteiger partial charge in [-0.1, -0.05) is 24.3 Å². The van der Waals surface area contributed by atoms with Crippen molar-refractivity contribution in [1.82, 2.24) is 9.29 Å². The van der Waals surface area contributed by atoms with Crippen LogP contribution in [0.15, 0.2) is 77.8 Å². The van der Waals surface area contributed by atoms with Gasteiger partial charge in [-0.25, -0.2) is 8.42 Å². The van der Waals surface area contributed by atoms with Crippen molar-refractivity contribution < 1.29 is 13.3 Å². The van der Waals surface area contributed by atoms with E-state index in [2.05, 4.69) is 4.98 Å². The number of rotatable bonds is 7. The summed E-state index contributed by atoms with van der Waals surface area (Å²) in [5.74, 6) is 0. The molecule has 0 saturated carbocycles. The van der Waals surface area contributed by atoms with Crippen LogP contribution in [0.4, 0.5) is 5.69 Å². The van der Waals surface area contributed by atoms with Gasteiger partial charge in [-0.2, -0.15) is 9.57 Å². The van der Waals surface area contributed by atoms with Gasteiger partial charge in [0.25, 0.3) is 5.69 Å². The fourth-order valence-corrected chi connectivity index (χ4v) is 4.13. The summed E-state index contributed by atoms with van der Waals surface area (Å²) in [7, 11) is -4.05. The zero-order valence-corrected chi connectivity index (χ0v) is 16.0. The monoisotopic (exact) mass is 408 g/mol. The molecule has 0 spiro atoms. The molecule has 0 saturated heterocycles. The van der Waals surface area contributed by atoms with Crippen LogP contribution in [-0.4, -0.2) is 22.6 Å². The van der Waals surface area contributed by atoms with Gasteiger partial charge < -0.3 is 0 Å². The molecule has 0 fully saturated rings. The lowest BCUT2D eigenvalue weighted by Crippen LogP contribution is -2.30. The number of sulfonamides is 1. The van der Waals surface area contributed by atoms with Crippen molar-refractivity contribution in [3.8, 4) is 6.07 Å². The average molecular weight is 408 g/mol. The summed E-state index contributed by atoms with van der Waals surface area (Å²) in [6.07, 6.45) is 1.56. The van der Waals surface area contributed by atoms with Crippen LogP contribution >= 0.6 is 0 Å². The summed E-state index contributed by atoms with van der Waals surface area (Å²) in [6, 6.07) is 18.7. The van der Waals surface area contributed by atoms with E-state index in [-0.39, 0.29) is 23.7 Å². The zero-order chi connectivity index (χ0) is 20.9. The van der Waals surface area contributed by atoms with Gasteiger partial charge in [0.15, 0.2) is 0 Å². The Bertz CT molecular complexity index is 1160. The molecule has 0 radical (unpaired) electrons. The first-order valence-corrected chi connectivity index (χ1v) is 9.98. The molecule has 0 atom stereocenters. The van der Waals surface area contributed by atoms with Gasteiger partial charge in [0.2, 0.25) is 10.0 Å². The highest BCUT2D eigenvalue weighted by Crippen LogP contribution is 2.24. The van der Waals surface area contributed by atoms with Crippen molar-refractivity contribution in [3.63, 3.8) is 0 Å². The van der Waals surface area contributed by atoms with Crippen LogP contribution in [0.2, 0.25) is 0 Å². The van der Waals surface area contributed by atoms with E-state index in [1.54, 1.807) is 48.7 Å². The fourth-order valence-electron chi connectivity index (χ4n) is 2.69. The molecule has 3 aromatic rings. The molecule has 8 nitrogen and oxygen atoms in total. The van der Waals surface area contributed by atoms with Crippen molar-refractivity contribution in [2.75, 3.05) is 0 Å². The second-order valence-electron chi connectivity index (χ2n) is 6.16. The normalized spacial score (nSPS) is 11.2. The third kappa shape index (κ3) is 4.82. The molecule has 0 aliphatic carbocycles. The van der Waals surface area contributed by atoms with Crippen molar-refractivity contribution >= 4 is 15.7 Å². The lowest BCUT2D eigenvalue weighted by Gasteiger charge is -2.22. The third-order valence-electron chi connectivity index (χ3n) is 4.17. The Labute approximate surface area is 167 Å². The standard InChI is InChI=1S/C20H16N4O4S/c21-13-16-7-9-17(10-8-16)14-23(15-18-4-1-2-11-22-18)29(27,28)20-6-3-5-19(12-20)24(25)26/h1-12H,14-15H2. The predicted octanol–water partition coefficient (Wildman–Crippen LogP) is 3.25. The SMILES string of the molecule is N#Cc1ccc(CN(Cc2ccccn2)S(=O)(=O)c2cccc([N+](=O)[O-])c2)cc1. The maximum Gasteiger partial charge on any atom is 0.270 e. The maximum atomic E-state index is 13.3. The van der Waals surface area contributed by atoms with E-state index in [4.69, 9.17) is 5.26 Å². The van der Waals surface area contributed by atoms with Crippen LogP contribution < -0.4 is 0 Å². The fraction of sp³-hybridized carbons (Fsp3) is 0.100. The Morgan fingerprint density at radius 2 is 1.79 bits per heavy atom. The molecule has 1 aromatic heterocycles. The molecular formula is C20H16N4O4S. The number of hydrogen-bond donors (Lipinski definition) is 0. The van der Waals surface area contributed by atoms with Crippen molar-refractivity contribution in [2.45, 2.75) is 18.0 Å². The molecule has 3 rings (SSSR count). The molecule has 146 valence electrons. The number of nitro groups is 1. The minimum Gasteiger partial charge on any atom is -0.260 e. The van der Waals surface area contributed by atoms with E-state index in [1.165, 1.54) is 22.5 Å². The van der Waals surface area contributed by atoms with Gasteiger partial charge >= 0.3 is 0 Å². The van der Waals surface area contributed by atoms with Gasteiger partial charge in [0.1, 0.15) is 0 Å². The van der Waals surface area contributed by atoms with Gasteiger partial charge in [0.05, 0.1) is 33.7 Å². The van der Waals surface area contributed by atoms with E-state index in [9.17, 15) is 18.5 Å². The molecule has 0 aliphatic heterocycles. The first-order valence-electron chi connectivity index (χ1n) is 8.54. The number of non-ortho nitro benzene ring substituents is 1. The lowest BCUT2D eigenvalue weighted by atomic mass is 10.1. The summed E-state index contributed by atoms with van der Waals surface area (Å²) >= 11 is 0. The molecular weight excluding hydrogens is 392 g/mol. The number of pyridine rings is 1. The summed E-state index contributed by atoms with van der Waals surface area (Å²) in [4.78, 5) is 14.4. The van der Waals surface area contributed by atoms with Crippen molar-refractivity contribution in [2.24, 2.45) is 0 Å². The van der Waals surface area contributed by atoms with E-state index in [0.29, 0.717) is 16.8 Å². The summed E-state index contributed by atoms with van der Waals surface area (Å²) in [5, 5.41) is 20.0. The number of aromatic nitrogens is 1. The quantitative estimate of drug-likeness (QED) is 0.437. The van der Waals surface area contributed by atoms with Gasteiger partial charge in [-0.3, -0.25) is 15.1 Å². The van der Waals surface area contributed by atoms with Gasteiger partial charge in [-0.05, 0) is 35.9 Å². The highest BCUT2D eigenvalue weighted by molar-refractivity contribution is 7.89. The topological polar surface area (TPSA) is 117 Å². The lowest BCUT2D eigenvalue weighted by molar-refractivity contribution is -0.385. The first-order chi connectivity index (χ1) is 13.9. The second-order valence-corrected chi connectivity index (χ2v) is 8.10. The third-order valence-corrected chi connectivity index (χ3v) is 5.96. The molecule has 9 heteroatoms. The zero-order valence-electron chi connectivity index (χ0n) is 15.2. The number of hydrogen-bond acceptors (Lipinski definition) is 6. The van der Waals surface area contributed by atoms with Crippen LogP contribution in [-0.2, 0) is 23.1 Å². The summed E-state index contributed by atoms with van der Waals surface area (Å²) in [6.45, 7) is 0.0131. The smallest absolute Gasteiger partial charge is 0.260 e. The summed E-state index contributed by atoms with van der Waals surface area (Å²) < 4.78 is 27.7. The molecule has 29 heavy (non-hydrogen) atoms. The van der Waals surface area contributed by atoms with Crippen molar-refractivity contribution in [3.05, 3.63) is 99.9 Å². The number of nitriles is 1. The Morgan fingerprint density at radius 1 is 1.03 bits per heavy atom. The maximum absolute atomic E-state index is 13.3. The molecule has 0 aliphatic rings. The number of nitro benzene ring substituents is 1. The largest absolute Gasteiger partial charge is 0.270 e. The predicted molar refractivity (Wildman–Crippen MR) is 105 cm³/mol. The van der Waals surface area contributed by atoms with Crippen LogP contribution in [0.25, 0.3) is 0 Å². The molecule has 0 bridgehead atoms. The van der Waals surface area contributed by atoms with Gasteiger partial charge in [-0.15, -0.1) is 0 Å².